The van der Waals surface area contributed by atoms with Crippen LogP contribution in [0.15, 0.2) is 31.0 Å². The summed E-state index contributed by atoms with van der Waals surface area (Å²) >= 11 is 0. The van der Waals surface area contributed by atoms with E-state index in [1.54, 1.807) is 18.9 Å². The molecule has 0 amide bonds. The van der Waals surface area contributed by atoms with E-state index in [-0.39, 0.29) is 0 Å². The molecule has 7 nitrogen and oxygen atoms in total. The lowest BCUT2D eigenvalue weighted by Crippen LogP contribution is -2.31. The van der Waals surface area contributed by atoms with E-state index in [4.69, 9.17) is 4.74 Å². The molecular weight excluding hydrogens is 304 g/mol. The normalized spacial score (nSPS) is 13.7. The van der Waals surface area contributed by atoms with Gasteiger partial charge in [0.25, 0.3) is 0 Å². The van der Waals surface area contributed by atoms with Crippen molar-refractivity contribution in [1.29, 1.82) is 0 Å². The highest BCUT2D eigenvalue weighted by molar-refractivity contribution is 5.52. The Morgan fingerprint density at radius 3 is 2.96 bits per heavy atom. The molecule has 4 heterocycles. The van der Waals surface area contributed by atoms with Crippen molar-refractivity contribution in [3.63, 3.8) is 0 Å². The van der Waals surface area contributed by atoms with Crippen LogP contribution in [0.1, 0.15) is 22.6 Å². The molecule has 0 aromatic carbocycles. The minimum atomic E-state index is 0.562. The zero-order valence-electron chi connectivity index (χ0n) is 13.7. The highest BCUT2D eigenvalue weighted by Gasteiger charge is 2.22. The number of aromatic nitrogens is 5. The number of rotatable bonds is 3. The number of aryl methyl sites for hydroxylation is 1. The van der Waals surface area contributed by atoms with Crippen molar-refractivity contribution in [2.45, 2.75) is 26.8 Å². The summed E-state index contributed by atoms with van der Waals surface area (Å²) in [5.41, 5.74) is 4.03. The first-order chi connectivity index (χ1) is 11.7. The maximum atomic E-state index is 5.97. The number of fused-ring (bicyclic) bond motifs is 1. The summed E-state index contributed by atoms with van der Waals surface area (Å²) in [6, 6.07) is 3.74. The van der Waals surface area contributed by atoms with Gasteiger partial charge >= 0.3 is 0 Å². The van der Waals surface area contributed by atoms with Crippen LogP contribution in [0.5, 0.6) is 11.6 Å². The van der Waals surface area contributed by atoms with Crippen molar-refractivity contribution in [1.82, 2.24) is 24.9 Å². The van der Waals surface area contributed by atoms with Crippen LogP contribution in [-0.2, 0) is 13.0 Å². The molecular formula is C17H18N6O. The monoisotopic (exact) mass is 322 g/mol. The average Bonchev–Trinajstić information content (AvgIpc) is 3.06. The Kier molecular flexibility index (Phi) is 3.60. The van der Waals surface area contributed by atoms with Crippen molar-refractivity contribution in [2.24, 2.45) is 0 Å². The number of nitrogens with zero attached hydrogens (tertiary/aromatic N) is 5. The fraction of sp³-hybridized carbons (Fsp3) is 0.294. The molecule has 0 aliphatic carbocycles. The summed E-state index contributed by atoms with van der Waals surface area (Å²) in [6.07, 6.45) is 5.95. The maximum Gasteiger partial charge on any atom is 0.227 e. The second kappa shape index (κ2) is 5.92. The number of ether oxygens (including phenoxy) is 1. The van der Waals surface area contributed by atoms with Gasteiger partial charge in [-0.25, -0.2) is 15.0 Å². The minimum absolute atomic E-state index is 0.562. The number of anilines is 1. The predicted octanol–water partition coefficient (Wildman–Crippen LogP) is 2.57. The number of hydrogen-bond acceptors (Lipinski definition) is 6. The van der Waals surface area contributed by atoms with E-state index in [9.17, 15) is 0 Å². The van der Waals surface area contributed by atoms with Gasteiger partial charge in [-0.15, -0.1) is 0 Å². The number of pyridine rings is 1. The van der Waals surface area contributed by atoms with Crippen LogP contribution < -0.4 is 9.64 Å². The summed E-state index contributed by atoms with van der Waals surface area (Å²) in [5, 5.41) is 0. The first kappa shape index (κ1) is 14.6. The third kappa shape index (κ3) is 2.58. The number of aromatic amines is 1. The van der Waals surface area contributed by atoms with E-state index >= 15 is 0 Å². The molecule has 7 heteroatoms. The van der Waals surface area contributed by atoms with E-state index in [2.05, 4.69) is 29.8 Å². The van der Waals surface area contributed by atoms with Gasteiger partial charge in [-0.3, -0.25) is 4.98 Å². The first-order valence-electron chi connectivity index (χ1n) is 7.89. The van der Waals surface area contributed by atoms with Gasteiger partial charge in [-0.1, -0.05) is 0 Å². The lowest BCUT2D eigenvalue weighted by atomic mass is 10.1. The van der Waals surface area contributed by atoms with Gasteiger partial charge in [0, 0.05) is 19.2 Å². The summed E-state index contributed by atoms with van der Waals surface area (Å²) < 4.78 is 5.97. The zero-order chi connectivity index (χ0) is 16.5. The molecule has 4 rings (SSSR count). The quantitative estimate of drug-likeness (QED) is 0.798. The van der Waals surface area contributed by atoms with Crippen LogP contribution in [-0.4, -0.2) is 31.5 Å². The van der Waals surface area contributed by atoms with Crippen LogP contribution in [0, 0.1) is 13.8 Å². The molecule has 0 fully saturated rings. The molecule has 1 aliphatic rings. The summed E-state index contributed by atoms with van der Waals surface area (Å²) in [4.78, 5) is 22.8. The maximum absolute atomic E-state index is 5.97. The Balaban J connectivity index is 1.63. The topological polar surface area (TPSA) is 79.8 Å². The van der Waals surface area contributed by atoms with Crippen LogP contribution in [0.25, 0.3) is 0 Å². The van der Waals surface area contributed by atoms with Gasteiger partial charge in [0.1, 0.15) is 12.1 Å². The van der Waals surface area contributed by atoms with Crippen molar-refractivity contribution in [3.05, 3.63) is 53.6 Å². The summed E-state index contributed by atoms with van der Waals surface area (Å²) in [6.45, 7) is 5.54. The molecule has 0 bridgehead atoms. The van der Waals surface area contributed by atoms with Gasteiger partial charge in [-0.05, 0) is 26.0 Å². The Hall–Kier alpha value is -2.96. The fourth-order valence-electron chi connectivity index (χ4n) is 2.92. The minimum Gasteiger partial charge on any atom is -0.437 e. The second-order valence-corrected chi connectivity index (χ2v) is 5.82. The highest BCUT2D eigenvalue weighted by Crippen LogP contribution is 2.31. The van der Waals surface area contributed by atoms with Crippen LogP contribution in [0.4, 0.5) is 5.82 Å². The lowest BCUT2D eigenvalue weighted by molar-refractivity contribution is 0.450. The molecule has 0 unspecified atom stereocenters. The molecule has 0 radical (unpaired) electrons. The van der Waals surface area contributed by atoms with E-state index in [0.29, 0.717) is 11.6 Å². The third-order valence-corrected chi connectivity index (χ3v) is 4.25. The number of H-pyrrole nitrogens is 1. The molecule has 1 aliphatic heterocycles. The van der Waals surface area contributed by atoms with Gasteiger partial charge in [0.05, 0.1) is 35.5 Å². The van der Waals surface area contributed by atoms with Gasteiger partial charge in [0.2, 0.25) is 5.88 Å². The van der Waals surface area contributed by atoms with Gasteiger partial charge in [-0.2, -0.15) is 0 Å². The third-order valence-electron chi connectivity index (χ3n) is 4.25. The number of hydrogen-bond donors (Lipinski definition) is 1. The fourth-order valence-corrected chi connectivity index (χ4v) is 2.92. The van der Waals surface area contributed by atoms with Gasteiger partial charge in [0.15, 0.2) is 5.75 Å². The molecule has 0 saturated carbocycles. The van der Waals surface area contributed by atoms with Crippen LogP contribution in [0.2, 0.25) is 0 Å². The Morgan fingerprint density at radius 2 is 2.08 bits per heavy atom. The second-order valence-electron chi connectivity index (χ2n) is 5.82. The summed E-state index contributed by atoms with van der Waals surface area (Å²) in [7, 11) is 0. The van der Waals surface area contributed by atoms with E-state index in [1.807, 2.05) is 26.0 Å². The Labute approximate surface area is 139 Å². The standard InChI is InChI=1S/C17H18N6O/c1-11-16(23-7-5-13-14(8-23)20-9-19-13)21-10-22-17(11)24-15-4-3-6-18-12(15)2/h3-4,6,9-10H,5,7-8H2,1-2H3,(H,19,20). The van der Waals surface area contributed by atoms with Crippen molar-refractivity contribution in [2.75, 3.05) is 11.4 Å². The molecule has 3 aromatic heterocycles. The number of nitrogens with one attached hydrogen (secondary N) is 1. The zero-order valence-corrected chi connectivity index (χ0v) is 13.7. The Bertz CT molecular complexity index is 875. The Morgan fingerprint density at radius 1 is 1.17 bits per heavy atom. The molecule has 0 atom stereocenters. The van der Waals surface area contributed by atoms with Crippen LogP contribution in [0.3, 0.4) is 0 Å². The molecule has 0 saturated heterocycles. The average molecular weight is 322 g/mol. The molecule has 24 heavy (non-hydrogen) atoms. The molecule has 0 spiro atoms. The number of imidazole rings is 1. The summed E-state index contributed by atoms with van der Waals surface area (Å²) in [5.74, 6) is 2.16. The van der Waals surface area contributed by atoms with Crippen molar-refractivity contribution in [3.8, 4) is 11.6 Å². The largest absolute Gasteiger partial charge is 0.437 e. The van der Waals surface area contributed by atoms with Crippen molar-refractivity contribution >= 4 is 5.82 Å². The smallest absolute Gasteiger partial charge is 0.227 e. The van der Waals surface area contributed by atoms with Gasteiger partial charge < -0.3 is 14.6 Å². The predicted molar refractivity (Wildman–Crippen MR) is 89.2 cm³/mol. The van der Waals surface area contributed by atoms with Crippen molar-refractivity contribution < 1.29 is 4.74 Å². The molecule has 3 aromatic rings. The molecule has 1 N–H and O–H groups in total. The lowest BCUT2D eigenvalue weighted by Gasteiger charge is -2.28. The van der Waals surface area contributed by atoms with E-state index in [0.717, 1.165) is 48.0 Å². The van der Waals surface area contributed by atoms with Crippen LogP contribution >= 0.6 is 0 Å². The first-order valence-corrected chi connectivity index (χ1v) is 7.89. The molecule has 122 valence electrons. The van der Waals surface area contributed by atoms with E-state index in [1.165, 1.54) is 0 Å². The van der Waals surface area contributed by atoms with E-state index < -0.39 is 0 Å². The SMILES string of the molecule is Cc1ncccc1Oc1ncnc(N2CCc3nc[nH]c3C2)c1C. The highest BCUT2D eigenvalue weighted by atomic mass is 16.5.